The second-order valence-corrected chi connectivity index (χ2v) is 6.25. The van der Waals surface area contributed by atoms with E-state index in [1.807, 2.05) is 0 Å². The van der Waals surface area contributed by atoms with E-state index < -0.39 is 0 Å². The molecular formula is C16H26N2S. The van der Waals surface area contributed by atoms with Crippen molar-refractivity contribution in [3.05, 3.63) is 29.8 Å². The Morgan fingerprint density at radius 1 is 1.26 bits per heavy atom. The molecular weight excluding hydrogens is 252 g/mol. The van der Waals surface area contributed by atoms with Crippen LogP contribution >= 0.6 is 11.8 Å². The molecule has 1 aromatic rings. The summed E-state index contributed by atoms with van der Waals surface area (Å²) in [5, 5.41) is 3.78. The first kappa shape index (κ1) is 14.9. The summed E-state index contributed by atoms with van der Waals surface area (Å²) >= 11 is 1.80. The molecule has 106 valence electrons. The zero-order valence-electron chi connectivity index (χ0n) is 12.4. The minimum absolute atomic E-state index is 0.453. The van der Waals surface area contributed by atoms with Gasteiger partial charge in [-0.05, 0) is 63.4 Å². The highest BCUT2D eigenvalue weighted by Gasteiger charge is 2.19. The fraction of sp³-hybridized carbons (Fsp3) is 0.625. The SMILES string of the molecule is CCN1CCC(NC(C)c2ccc(SC)cc2)CC1. The van der Waals surface area contributed by atoms with E-state index in [0.29, 0.717) is 12.1 Å². The minimum Gasteiger partial charge on any atom is -0.307 e. The van der Waals surface area contributed by atoms with Gasteiger partial charge in [-0.3, -0.25) is 0 Å². The number of hydrogen-bond donors (Lipinski definition) is 1. The summed E-state index contributed by atoms with van der Waals surface area (Å²) in [7, 11) is 0. The Morgan fingerprint density at radius 2 is 1.89 bits per heavy atom. The lowest BCUT2D eigenvalue weighted by Crippen LogP contribution is -2.43. The van der Waals surface area contributed by atoms with Gasteiger partial charge in [0.05, 0.1) is 0 Å². The van der Waals surface area contributed by atoms with Crippen LogP contribution in [0.3, 0.4) is 0 Å². The number of thioether (sulfide) groups is 1. The highest BCUT2D eigenvalue weighted by atomic mass is 32.2. The van der Waals surface area contributed by atoms with E-state index in [0.717, 1.165) is 0 Å². The molecule has 0 radical (unpaired) electrons. The maximum atomic E-state index is 3.78. The smallest absolute Gasteiger partial charge is 0.0294 e. The molecule has 0 aromatic heterocycles. The molecule has 1 saturated heterocycles. The summed E-state index contributed by atoms with van der Waals surface area (Å²) < 4.78 is 0. The Labute approximate surface area is 122 Å². The minimum atomic E-state index is 0.453. The summed E-state index contributed by atoms with van der Waals surface area (Å²) in [5.41, 5.74) is 1.40. The lowest BCUT2D eigenvalue weighted by atomic mass is 10.0. The zero-order valence-corrected chi connectivity index (χ0v) is 13.2. The second-order valence-electron chi connectivity index (χ2n) is 5.37. The van der Waals surface area contributed by atoms with E-state index in [2.05, 4.69) is 54.6 Å². The molecule has 1 aliphatic heterocycles. The fourth-order valence-corrected chi connectivity index (χ4v) is 3.17. The Kier molecular flexibility index (Phi) is 5.74. The second kappa shape index (κ2) is 7.32. The van der Waals surface area contributed by atoms with Crippen molar-refractivity contribution in [2.75, 3.05) is 25.9 Å². The van der Waals surface area contributed by atoms with Gasteiger partial charge in [-0.25, -0.2) is 0 Å². The largest absolute Gasteiger partial charge is 0.307 e. The number of nitrogens with zero attached hydrogens (tertiary/aromatic N) is 1. The predicted octanol–water partition coefficient (Wildman–Crippen LogP) is 3.54. The third-order valence-corrected chi connectivity index (χ3v) is 4.88. The van der Waals surface area contributed by atoms with Gasteiger partial charge in [0.25, 0.3) is 0 Å². The molecule has 1 aliphatic rings. The van der Waals surface area contributed by atoms with Crippen LogP contribution in [0.1, 0.15) is 38.3 Å². The van der Waals surface area contributed by atoms with E-state index in [-0.39, 0.29) is 0 Å². The zero-order chi connectivity index (χ0) is 13.7. The highest BCUT2D eigenvalue weighted by Crippen LogP contribution is 2.20. The average Bonchev–Trinajstić information content (AvgIpc) is 2.48. The van der Waals surface area contributed by atoms with Crippen LogP contribution in [0.2, 0.25) is 0 Å². The average molecular weight is 278 g/mol. The monoisotopic (exact) mass is 278 g/mol. The Balaban J connectivity index is 1.85. The summed E-state index contributed by atoms with van der Waals surface area (Å²) in [6.07, 6.45) is 4.68. The summed E-state index contributed by atoms with van der Waals surface area (Å²) in [5.74, 6) is 0. The molecule has 3 heteroatoms. The van der Waals surface area contributed by atoms with Gasteiger partial charge in [0.1, 0.15) is 0 Å². The van der Waals surface area contributed by atoms with Gasteiger partial charge in [0.2, 0.25) is 0 Å². The standard InChI is InChI=1S/C16H26N2S/c1-4-18-11-9-15(10-12-18)17-13(2)14-5-7-16(19-3)8-6-14/h5-8,13,15,17H,4,9-12H2,1-3H3. The number of likely N-dealkylation sites (tertiary alicyclic amines) is 1. The van der Waals surface area contributed by atoms with Gasteiger partial charge in [0, 0.05) is 17.0 Å². The molecule has 1 atom stereocenters. The van der Waals surface area contributed by atoms with Crippen molar-refractivity contribution < 1.29 is 0 Å². The van der Waals surface area contributed by atoms with Crippen LogP contribution in [0.25, 0.3) is 0 Å². The molecule has 0 bridgehead atoms. The first-order valence-corrected chi connectivity index (χ1v) is 8.57. The third-order valence-electron chi connectivity index (χ3n) is 4.14. The number of benzene rings is 1. The van der Waals surface area contributed by atoms with E-state index in [1.165, 1.54) is 42.9 Å². The van der Waals surface area contributed by atoms with Crippen LogP contribution in [0.15, 0.2) is 29.2 Å². The Hall–Kier alpha value is -0.510. The van der Waals surface area contributed by atoms with E-state index in [9.17, 15) is 0 Å². The molecule has 1 unspecified atom stereocenters. The summed E-state index contributed by atoms with van der Waals surface area (Å²) in [4.78, 5) is 3.88. The Morgan fingerprint density at radius 3 is 2.42 bits per heavy atom. The molecule has 19 heavy (non-hydrogen) atoms. The molecule has 1 fully saturated rings. The molecule has 0 aliphatic carbocycles. The van der Waals surface area contributed by atoms with Crippen molar-refractivity contribution in [2.45, 2.75) is 43.7 Å². The maximum Gasteiger partial charge on any atom is 0.0294 e. The predicted molar refractivity (Wildman–Crippen MR) is 84.9 cm³/mol. The molecule has 1 N–H and O–H groups in total. The van der Waals surface area contributed by atoms with Gasteiger partial charge in [-0.1, -0.05) is 19.1 Å². The summed E-state index contributed by atoms with van der Waals surface area (Å²) in [6, 6.07) is 10.1. The lowest BCUT2D eigenvalue weighted by Gasteiger charge is -2.33. The van der Waals surface area contributed by atoms with Crippen LogP contribution < -0.4 is 5.32 Å². The van der Waals surface area contributed by atoms with Gasteiger partial charge in [-0.15, -0.1) is 11.8 Å². The number of nitrogens with one attached hydrogen (secondary N) is 1. The van der Waals surface area contributed by atoms with Crippen LogP contribution in [-0.2, 0) is 0 Å². The molecule has 0 saturated carbocycles. The molecule has 2 rings (SSSR count). The van der Waals surface area contributed by atoms with Gasteiger partial charge in [0.15, 0.2) is 0 Å². The molecule has 0 amide bonds. The molecule has 1 aromatic carbocycles. The normalized spacial score (nSPS) is 19.5. The maximum absolute atomic E-state index is 3.78. The molecule has 0 spiro atoms. The lowest BCUT2D eigenvalue weighted by molar-refractivity contribution is 0.200. The number of hydrogen-bond acceptors (Lipinski definition) is 3. The quantitative estimate of drug-likeness (QED) is 0.829. The van der Waals surface area contributed by atoms with Crippen molar-refractivity contribution >= 4 is 11.8 Å². The van der Waals surface area contributed by atoms with Gasteiger partial charge >= 0.3 is 0 Å². The van der Waals surface area contributed by atoms with E-state index in [1.54, 1.807) is 11.8 Å². The Bertz CT molecular complexity index is 369. The van der Waals surface area contributed by atoms with Crippen molar-refractivity contribution in [1.82, 2.24) is 10.2 Å². The fourth-order valence-electron chi connectivity index (χ4n) is 2.76. The van der Waals surface area contributed by atoms with Gasteiger partial charge < -0.3 is 10.2 Å². The van der Waals surface area contributed by atoms with E-state index in [4.69, 9.17) is 0 Å². The van der Waals surface area contributed by atoms with Crippen molar-refractivity contribution in [3.63, 3.8) is 0 Å². The topological polar surface area (TPSA) is 15.3 Å². The summed E-state index contributed by atoms with van der Waals surface area (Å²) in [6.45, 7) is 8.21. The van der Waals surface area contributed by atoms with Crippen molar-refractivity contribution in [3.8, 4) is 0 Å². The van der Waals surface area contributed by atoms with Crippen LogP contribution in [0.5, 0.6) is 0 Å². The van der Waals surface area contributed by atoms with Crippen LogP contribution in [-0.4, -0.2) is 36.8 Å². The van der Waals surface area contributed by atoms with Crippen LogP contribution in [0, 0.1) is 0 Å². The third kappa shape index (κ3) is 4.23. The van der Waals surface area contributed by atoms with Crippen LogP contribution in [0.4, 0.5) is 0 Å². The van der Waals surface area contributed by atoms with Crippen molar-refractivity contribution in [1.29, 1.82) is 0 Å². The van der Waals surface area contributed by atoms with E-state index >= 15 is 0 Å². The number of piperidine rings is 1. The molecule has 2 nitrogen and oxygen atoms in total. The number of rotatable bonds is 5. The molecule has 1 heterocycles. The first-order chi connectivity index (χ1) is 9.22. The first-order valence-electron chi connectivity index (χ1n) is 7.35. The van der Waals surface area contributed by atoms with Crippen molar-refractivity contribution in [2.24, 2.45) is 0 Å². The highest BCUT2D eigenvalue weighted by molar-refractivity contribution is 7.98. The van der Waals surface area contributed by atoms with Gasteiger partial charge in [-0.2, -0.15) is 0 Å².